The van der Waals surface area contributed by atoms with Gasteiger partial charge in [0.2, 0.25) is 0 Å². The van der Waals surface area contributed by atoms with Gasteiger partial charge in [-0.25, -0.2) is 0 Å². The SMILES string of the molecule is CNCc1nnc(-c2ccc(Br)cc2Br)s1. The van der Waals surface area contributed by atoms with E-state index in [2.05, 4.69) is 47.4 Å². The minimum absolute atomic E-state index is 0.756. The largest absolute Gasteiger partial charge is 0.313 e. The Bertz CT molecular complexity index is 499. The molecule has 1 aromatic heterocycles. The summed E-state index contributed by atoms with van der Waals surface area (Å²) in [6, 6.07) is 6.03. The van der Waals surface area contributed by atoms with E-state index in [9.17, 15) is 0 Å². The van der Waals surface area contributed by atoms with E-state index in [0.29, 0.717) is 0 Å². The minimum atomic E-state index is 0.756. The Hall–Kier alpha value is -0.300. The third kappa shape index (κ3) is 2.68. The molecule has 0 unspecified atom stereocenters. The van der Waals surface area contributed by atoms with E-state index in [4.69, 9.17) is 0 Å². The molecule has 0 fully saturated rings. The molecule has 2 aromatic rings. The zero-order valence-electron chi connectivity index (χ0n) is 8.50. The lowest BCUT2D eigenvalue weighted by molar-refractivity contribution is 0.795. The summed E-state index contributed by atoms with van der Waals surface area (Å²) in [6.07, 6.45) is 0. The van der Waals surface area contributed by atoms with Gasteiger partial charge in [-0.2, -0.15) is 0 Å². The van der Waals surface area contributed by atoms with Crippen LogP contribution in [0.3, 0.4) is 0 Å². The molecule has 0 aliphatic carbocycles. The summed E-state index contributed by atoms with van der Waals surface area (Å²) in [5.74, 6) is 0. The number of nitrogens with one attached hydrogen (secondary N) is 1. The molecule has 0 saturated heterocycles. The maximum Gasteiger partial charge on any atom is 0.148 e. The quantitative estimate of drug-likeness (QED) is 0.908. The number of benzene rings is 1. The molecule has 16 heavy (non-hydrogen) atoms. The van der Waals surface area contributed by atoms with E-state index >= 15 is 0 Å². The molecule has 84 valence electrons. The maximum atomic E-state index is 4.18. The van der Waals surface area contributed by atoms with Crippen LogP contribution in [-0.2, 0) is 6.54 Å². The summed E-state index contributed by atoms with van der Waals surface area (Å²) in [5, 5.41) is 13.3. The first-order valence-corrected chi connectivity index (χ1v) is 7.03. The lowest BCUT2D eigenvalue weighted by Gasteiger charge is -1.99. The van der Waals surface area contributed by atoms with Crippen LogP contribution in [0.25, 0.3) is 10.6 Å². The van der Waals surface area contributed by atoms with Crippen molar-refractivity contribution in [2.24, 2.45) is 0 Å². The Kier molecular flexibility index (Phi) is 4.07. The number of hydrogen-bond acceptors (Lipinski definition) is 4. The Morgan fingerprint density at radius 2 is 2.12 bits per heavy atom. The lowest BCUT2D eigenvalue weighted by Crippen LogP contribution is -2.04. The first kappa shape index (κ1) is 12.2. The summed E-state index contributed by atoms with van der Waals surface area (Å²) in [5.41, 5.74) is 1.07. The van der Waals surface area contributed by atoms with Crippen LogP contribution in [0.15, 0.2) is 27.1 Å². The van der Waals surface area contributed by atoms with Gasteiger partial charge in [-0.05, 0) is 25.2 Å². The second kappa shape index (κ2) is 5.35. The van der Waals surface area contributed by atoms with Crippen LogP contribution >= 0.6 is 43.2 Å². The smallest absolute Gasteiger partial charge is 0.148 e. The van der Waals surface area contributed by atoms with Crippen molar-refractivity contribution >= 4 is 43.2 Å². The molecule has 6 heteroatoms. The summed E-state index contributed by atoms with van der Waals surface area (Å²) in [6.45, 7) is 0.756. The molecule has 1 heterocycles. The predicted octanol–water partition coefficient (Wildman–Crippen LogP) is 3.45. The highest BCUT2D eigenvalue weighted by Crippen LogP contribution is 2.32. The van der Waals surface area contributed by atoms with Crippen LogP contribution in [0.1, 0.15) is 5.01 Å². The van der Waals surface area contributed by atoms with Crippen molar-refractivity contribution in [3.8, 4) is 10.6 Å². The molecule has 0 bridgehead atoms. The van der Waals surface area contributed by atoms with Crippen molar-refractivity contribution in [2.75, 3.05) is 7.05 Å². The summed E-state index contributed by atoms with van der Waals surface area (Å²) >= 11 is 8.55. The van der Waals surface area contributed by atoms with Crippen molar-refractivity contribution in [1.29, 1.82) is 0 Å². The molecule has 1 aromatic carbocycles. The van der Waals surface area contributed by atoms with Gasteiger partial charge in [0.15, 0.2) is 0 Å². The highest BCUT2D eigenvalue weighted by atomic mass is 79.9. The molecule has 0 aliphatic rings. The van der Waals surface area contributed by atoms with Gasteiger partial charge in [0.1, 0.15) is 10.0 Å². The molecule has 0 saturated carbocycles. The highest BCUT2D eigenvalue weighted by molar-refractivity contribution is 9.11. The van der Waals surface area contributed by atoms with Gasteiger partial charge >= 0.3 is 0 Å². The molecule has 0 amide bonds. The number of rotatable bonds is 3. The third-order valence-corrected chi connectivity index (χ3v) is 4.06. The van der Waals surface area contributed by atoms with E-state index in [-0.39, 0.29) is 0 Å². The Labute approximate surface area is 115 Å². The number of halogens is 2. The fourth-order valence-corrected chi connectivity index (χ4v) is 3.51. The molecular formula is C10H9Br2N3S. The standard InChI is InChI=1S/C10H9Br2N3S/c1-13-5-9-14-15-10(16-9)7-3-2-6(11)4-8(7)12/h2-4,13H,5H2,1H3. The van der Waals surface area contributed by atoms with Crippen LogP contribution in [0.2, 0.25) is 0 Å². The number of aromatic nitrogens is 2. The van der Waals surface area contributed by atoms with Gasteiger partial charge in [-0.3, -0.25) is 0 Å². The fraction of sp³-hybridized carbons (Fsp3) is 0.200. The first-order chi connectivity index (χ1) is 7.70. The Morgan fingerprint density at radius 3 is 2.81 bits per heavy atom. The van der Waals surface area contributed by atoms with Gasteiger partial charge < -0.3 is 5.32 Å². The number of hydrogen-bond donors (Lipinski definition) is 1. The van der Waals surface area contributed by atoms with Crippen LogP contribution in [0.5, 0.6) is 0 Å². The van der Waals surface area contributed by atoms with E-state index in [0.717, 1.165) is 31.1 Å². The normalized spacial score (nSPS) is 10.7. The molecular weight excluding hydrogens is 354 g/mol. The van der Waals surface area contributed by atoms with E-state index in [1.54, 1.807) is 11.3 Å². The molecule has 0 atom stereocenters. The maximum absolute atomic E-state index is 4.18. The fourth-order valence-electron chi connectivity index (χ4n) is 1.25. The van der Waals surface area contributed by atoms with Crippen LogP contribution in [-0.4, -0.2) is 17.2 Å². The Morgan fingerprint density at radius 1 is 1.31 bits per heavy atom. The average Bonchev–Trinajstić information content (AvgIpc) is 2.67. The average molecular weight is 363 g/mol. The minimum Gasteiger partial charge on any atom is -0.313 e. The first-order valence-electron chi connectivity index (χ1n) is 4.63. The van der Waals surface area contributed by atoms with Gasteiger partial charge in [-0.15, -0.1) is 10.2 Å². The topological polar surface area (TPSA) is 37.8 Å². The summed E-state index contributed by atoms with van der Waals surface area (Å²) < 4.78 is 2.07. The van der Waals surface area contributed by atoms with Crippen LogP contribution in [0.4, 0.5) is 0 Å². The summed E-state index contributed by atoms with van der Waals surface area (Å²) in [7, 11) is 1.90. The van der Waals surface area contributed by atoms with Crippen LogP contribution < -0.4 is 5.32 Å². The van der Waals surface area contributed by atoms with Gasteiger partial charge in [0.25, 0.3) is 0 Å². The highest BCUT2D eigenvalue weighted by Gasteiger charge is 2.09. The van der Waals surface area contributed by atoms with Gasteiger partial charge in [0.05, 0.1) is 0 Å². The van der Waals surface area contributed by atoms with Crippen molar-refractivity contribution in [2.45, 2.75) is 6.54 Å². The van der Waals surface area contributed by atoms with E-state index in [1.807, 2.05) is 25.2 Å². The molecule has 3 nitrogen and oxygen atoms in total. The summed E-state index contributed by atoms with van der Waals surface area (Å²) in [4.78, 5) is 0. The third-order valence-electron chi connectivity index (χ3n) is 1.96. The van der Waals surface area contributed by atoms with E-state index in [1.165, 1.54) is 0 Å². The molecule has 0 radical (unpaired) electrons. The molecule has 0 aliphatic heterocycles. The second-order valence-electron chi connectivity index (χ2n) is 3.16. The Balaban J connectivity index is 2.35. The number of nitrogens with zero attached hydrogens (tertiary/aromatic N) is 2. The molecule has 1 N–H and O–H groups in total. The monoisotopic (exact) mass is 361 g/mol. The van der Waals surface area contributed by atoms with Crippen molar-refractivity contribution in [3.05, 3.63) is 32.2 Å². The zero-order valence-corrected chi connectivity index (χ0v) is 12.5. The van der Waals surface area contributed by atoms with Crippen molar-refractivity contribution in [3.63, 3.8) is 0 Å². The second-order valence-corrected chi connectivity index (χ2v) is 5.99. The van der Waals surface area contributed by atoms with Crippen LogP contribution in [0, 0.1) is 0 Å². The lowest BCUT2D eigenvalue weighted by atomic mass is 10.2. The zero-order chi connectivity index (χ0) is 11.5. The van der Waals surface area contributed by atoms with E-state index < -0.39 is 0 Å². The van der Waals surface area contributed by atoms with Crippen molar-refractivity contribution in [1.82, 2.24) is 15.5 Å². The van der Waals surface area contributed by atoms with Crippen molar-refractivity contribution < 1.29 is 0 Å². The van der Waals surface area contributed by atoms with Gasteiger partial charge in [-0.1, -0.05) is 43.2 Å². The predicted molar refractivity (Wildman–Crippen MR) is 73.5 cm³/mol. The van der Waals surface area contributed by atoms with Gasteiger partial charge in [0, 0.05) is 21.1 Å². The molecule has 2 rings (SSSR count). The molecule has 0 spiro atoms.